The maximum Gasteiger partial charge on any atom is 0.262 e. The number of piperidine rings is 2. The number of hydrogen-bond donors (Lipinski definition) is 1. The van der Waals surface area contributed by atoms with Crippen molar-refractivity contribution >= 4 is 34.7 Å². The van der Waals surface area contributed by atoms with Gasteiger partial charge in [-0.05, 0) is 118 Å². The number of nitrogens with zero attached hydrogens (tertiary/aromatic N) is 5. The van der Waals surface area contributed by atoms with Crippen LogP contribution in [0, 0.1) is 11.8 Å². The summed E-state index contributed by atoms with van der Waals surface area (Å²) in [6.45, 7) is 4.01. The number of carbonyl (C=O) groups excluding carboxylic acids is 4. The van der Waals surface area contributed by atoms with Crippen molar-refractivity contribution in [2.45, 2.75) is 82.8 Å². The summed E-state index contributed by atoms with van der Waals surface area (Å²) in [5.41, 5.74) is 4.45. The first-order chi connectivity index (χ1) is 26.4. The van der Waals surface area contributed by atoms with Gasteiger partial charge in [0.05, 0.1) is 28.8 Å². The lowest BCUT2D eigenvalue weighted by Gasteiger charge is -2.40. The zero-order valence-corrected chi connectivity index (χ0v) is 30.5. The van der Waals surface area contributed by atoms with E-state index in [4.69, 9.17) is 14.5 Å². The van der Waals surface area contributed by atoms with Crippen LogP contribution in [0.4, 0.5) is 0 Å². The number of aromatic nitrogens is 3. The highest BCUT2D eigenvalue weighted by Gasteiger charge is 2.44. The maximum atomic E-state index is 13.1. The Kier molecular flexibility index (Phi) is 10.6. The van der Waals surface area contributed by atoms with Crippen LogP contribution in [-0.4, -0.2) is 86.8 Å². The Hall–Kier alpha value is -5.23. The Morgan fingerprint density at radius 2 is 1.65 bits per heavy atom. The fraction of sp³-hybridized carbons (Fsp3) is 0.452. The van der Waals surface area contributed by atoms with E-state index in [9.17, 15) is 19.2 Å². The highest BCUT2D eigenvalue weighted by molar-refractivity contribution is 6.23. The zero-order chi connectivity index (χ0) is 37.0. The van der Waals surface area contributed by atoms with Gasteiger partial charge in [0.2, 0.25) is 17.7 Å². The van der Waals surface area contributed by atoms with Crippen LogP contribution in [0.5, 0.6) is 11.6 Å². The molecule has 6 heterocycles. The molecule has 1 saturated carbocycles. The van der Waals surface area contributed by atoms with Crippen LogP contribution in [0.1, 0.15) is 96.2 Å². The number of likely N-dealkylation sites (tertiary alicyclic amines) is 1. The Morgan fingerprint density at radius 1 is 0.796 bits per heavy atom. The van der Waals surface area contributed by atoms with Gasteiger partial charge >= 0.3 is 0 Å². The minimum Gasteiger partial charge on any atom is -0.494 e. The van der Waals surface area contributed by atoms with Crippen LogP contribution in [0.15, 0.2) is 67.0 Å². The number of rotatable bonds is 14. The van der Waals surface area contributed by atoms with Gasteiger partial charge in [0.25, 0.3) is 11.8 Å². The van der Waals surface area contributed by atoms with E-state index < -0.39 is 29.7 Å². The van der Waals surface area contributed by atoms with Crippen molar-refractivity contribution in [2.75, 3.05) is 26.2 Å². The van der Waals surface area contributed by atoms with Crippen molar-refractivity contribution in [1.82, 2.24) is 30.1 Å². The molecule has 0 spiro atoms. The molecule has 4 aromatic rings. The van der Waals surface area contributed by atoms with Crippen molar-refractivity contribution < 1.29 is 28.7 Å². The van der Waals surface area contributed by atoms with Crippen LogP contribution in [-0.2, 0) is 16.0 Å². The first-order valence-corrected chi connectivity index (χ1v) is 19.4. The minimum absolute atomic E-state index is 0.0939. The molecular formula is C42H46N6O6. The molecule has 0 bridgehead atoms. The quantitative estimate of drug-likeness (QED) is 0.130. The number of nitrogens with one attached hydrogen (secondary N) is 1. The van der Waals surface area contributed by atoms with Gasteiger partial charge in [-0.1, -0.05) is 19.3 Å². The summed E-state index contributed by atoms with van der Waals surface area (Å²) in [7, 11) is 0. The number of amides is 4. The molecule has 280 valence electrons. The number of imide groups is 2. The van der Waals surface area contributed by atoms with E-state index >= 15 is 0 Å². The molecule has 4 aliphatic rings. The number of benzene rings is 1. The largest absolute Gasteiger partial charge is 0.494 e. The standard InChI is InChI=1S/C42H46N6O6/c49-38-12-11-37(40(50)46-38)48-41(51)33-9-8-31(25-34(33)42(48)52)53-20-3-1-2-5-27-14-18-47(19-15-27)26-29-22-32(23-29)54-39-24-28(13-17-44-39)21-30-7-10-35-36(45-30)6-4-16-43-35/h4,6-10,13,16-17,24-25,27,29,32,37H,1-3,5,11-12,14-15,18-23,26H2,(H,46,49,50). The number of pyridine rings is 3. The van der Waals surface area contributed by atoms with Gasteiger partial charge in [-0.3, -0.25) is 39.4 Å². The summed E-state index contributed by atoms with van der Waals surface area (Å²) in [5, 5.41) is 2.22. The Balaban J connectivity index is 0.690. The predicted molar refractivity (Wildman–Crippen MR) is 200 cm³/mol. The Bertz CT molecular complexity index is 2040. The molecule has 8 rings (SSSR count). The smallest absolute Gasteiger partial charge is 0.262 e. The lowest BCUT2D eigenvalue weighted by Crippen LogP contribution is -2.54. The van der Waals surface area contributed by atoms with E-state index in [0.717, 1.165) is 71.8 Å². The monoisotopic (exact) mass is 730 g/mol. The third-order valence-electron chi connectivity index (χ3n) is 11.3. The second-order valence-corrected chi connectivity index (χ2v) is 15.2. The fourth-order valence-electron chi connectivity index (χ4n) is 8.29. The lowest BCUT2D eigenvalue weighted by atomic mass is 9.81. The zero-order valence-electron chi connectivity index (χ0n) is 30.5. The van der Waals surface area contributed by atoms with Crippen LogP contribution >= 0.6 is 0 Å². The van der Waals surface area contributed by atoms with E-state index in [1.165, 1.54) is 38.8 Å². The molecule has 3 fully saturated rings. The molecular weight excluding hydrogens is 684 g/mol. The third kappa shape index (κ3) is 8.13. The molecule has 54 heavy (non-hydrogen) atoms. The summed E-state index contributed by atoms with van der Waals surface area (Å²) >= 11 is 0. The predicted octanol–water partition coefficient (Wildman–Crippen LogP) is 5.53. The van der Waals surface area contributed by atoms with Crippen molar-refractivity contribution in [3.63, 3.8) is 0 Å². The van der Waals surface area contributed by atoms with Gasteiger partial charge < -0.3 is 14.4 Å². The minimum atomic E-state index is -0.972. The molecule has 3 aromatic heterocycles. The average Bonchev–Trinajstić information content (AvgIpc) is 3.40. The topological polar surface area (TPSA) is 144 Å². The van der Waals surface area contributed by atoms with Crippen molar-refractivity contribution in [3.05, 3.63) is 89.4 Å². The summed E-state index contributed by atoms with van der Waals surface area (Å²) in [6, 6.07) is 15.9. The van der Waals surface area contributed by atoms with E-state index in [1.807, 2.05) is 42.6 Å². The van der Waals surface area contributed by atoms with Gasteiger partial charge in [-0.25, -0.2) is 4.98 Å². The van der Waals surface area contributed by atoms with Crippen LogP contribution in [0.25, 0.3) is 11.0 Å². The number of hydrogen-bond acceptors (Lipinski definition) is 10. The van der Waals surface area contributed by atoms with Crippen molar-refractivity contribution in [3.8, 4) is 11.6 Å². The second kappa shape index (κ2) is 16.0. The molecule has 12 nitrogen and oxygen atoms in total. The summed E-state index contributed by atoms with van der Waals surface area (Å²) in [6.07, 6.45) is 13.8. The molecule has 1 unspecified atom stereocenters. The Morgan fingerprint density at radius 3 is 2.50 bits per heavy atom. The van der Waals surface area contributed by atoms with E-state index in [-0.39, 0.29) is 30.1 Å². The first-order valence-electron chi connectivity index (χ1n) is 19.4. The molecule has 1 atom stereocenters. The molecule has 2 saturated heterocycles. The molecule has 3 aliphatic heterocycles. The highest BCUT2D eigenvalue weighted by Crippen LogP contribution is 2.34. The van der Waals surface area contributed by atoms with Crippen LogP contribution in [0.3, 0.4) is 0 Å². The average molecular weight is 731 g/mol. The normalized spacial score (nSPS) is 21.9. The van der Waals surface area contributed by atoms with Crippen molar-refractivity contribution in [2.24, 2.45) is 11.8 Å². The fourth-order valence-corrected chi connectivity index (χ4v) is 8.29. The van der Waals surface area contributed by atoms with Gasteiger partial charge in [0.15, 0.2) is 0 Å². The first kappa shape index (κ1) is 35.8. The van der Waals surface area contributed by atoms with E-state index in [0.29, 0.717) is 24.2 Å². The summed E-state index contributed by atoms with van der Waals surface area (Å²) in [4.78, 5) is 67.0. The van der Waals surface area contributed by atoms with Crippen LogP contribution in [0.2, 0.25) is 0 Å². The maximum absolute atomic E-state index is 13.1. The summed E-state index contributed by atoms with van der Waals surface area (Å²) in [5.74, 6) is 0.646. The molecule has 0 radical (unpaired) electrons. The number of ether oxygens (including phenoxy) is 2. The van der Waals surface area contributed by atoms with Gasteiger partial charge in [-0.15, -0.1) is 0 Å². The molecule has 1 aromatic carbocycles. The summed E-state index contributed by atoms with van der Waals surface area (Å²) < 4.78 is 12.2. The molecule has 4 amide bonds. The molecule has 1 aliphatic carbocycles. The SMILES string of the molecule is O=C1CCC(N2C(=O)c3ccc(OCCCCCC4CCN(CC5CC(Oc6cc(Cc7ccc8ncccc8n7)ccn6)C5)CC4)cc3C2=O)C(=O)N1. The second-order valence-electron chi connectivity index (χ2n) is 15.2. The van der Waals surface area contributed by atoms with E-state index in [2.05, 4.69) is 20.2 Å². The molecule has 12 heteroatoms. The highest BCUT2D eigenvalue weighted by atomic mass is 16.5. The Labute approximate surface area is 314 Å². The third-order valence-corrected chi connectivity index (χ3v) is 11.3. The van der Waals surface area contributed by atoms with Crippen molar-refractivity contribution in [1.29, 1.82) is 0 Å². The van der Waals surface area contributed by atoms with Gasteiger partial charge in [0, 0.05) is 43.5 Å². The van der Waals surface area contributed by atoms with Gasteiger partial charge in [0.1, 0.15) is 17.9 Å². The van der Waals surface area contributed by atoms with E-state index in [1.54, 1.807) is 24.4 Å². The van der Waals surface area contributed by atoms with Crippen LogP contribution < -0.4 is 14.8 Å². The lowest BCUT2D eigenvalue weighted by molar-refractivity contribution is -0.136. The number of carbonyl (C=O) groups is 4. The van der Waals surface area contributed by atoms with Gasteiger partial charge in [-0.2, -0.15) is 0 Å². The number of fused-ring (bicyclic) bond motifs is 2. The molecule has 1 N–H and O–H groups in total. The number of unbranched alkanes of at least 4 members (excludes halogenated alkanes) is 2.